The number of aryl methyl sites for hydroxylation is 1. The van der Waals surface area contributed by atoms with Gasteiger partial charge in [-0.05, 0) is 63.6 Å². The zero-order valence-electron chi connectivity index (χ0n) is 16.2. The Hall–Kier alpha value is -2.54. The number of nitrogens with zero attached hydrogens (tertiary/aromatic N) is 1. The molecule has 2 fully saturated rings. The third-order valence-corrected chi connectivity index (χ3v) is 7.92. The van der Waals surface area contributed by atoms with E-state index in [-0.39, 0.29) is 12.0 Å². The molecule has 0 unspecified atom stereocenters. The Kier molecular flexibility index (Phi) is 4.38. The van der Waals surface area contributed by atoms with Crippen LogP contribution in [-0.4, -0.2) is 31.7 Å². The third kappa shape index (κ3) is 2.94. The number of hydrogen-bond acceptors (Lipinski definition) is 4. The first-order valence-corrected chi connectivity index (χ1v) is 10.9. The maximum Gasteiger partial charge on any atom is 0.250 e. The van der Waals surface area contributed by atoms with Gasteiger partial charge < -0.3 is 10.1 Å². The van der Waals surface area contributed by atoms with Crippen LogP contribution < -0.4 is 14.4 Å². The standard InChI is InChI=1S/C21H24N2O4S/c1-14(2)27-19-10-6-17(7-11-19)22-20(24)21-12-16(21)13-23(28(21,25)26)18-8-4-15(3)5-9-18/h4-11,14,16H,12-13H2,1-3H3,(H,22,24)/t16-,21-/m0/s1. The monoisotopic (exact) mass is 400 g/mol. The third-order valence-electron chi connectivity index (χ3n) is 5.38. The largest absolute Gasteiger partial charge is 0.491 e. The fraction of sp³-hybridized carbons (Fsp3) is 0.381. The van der Waals surface area contributed by atoms with Gasteiger partial charge in [-0.1, -0.05) is 17.7 Å². The summed E-state index contributed by atoms with van der Waals surface area (Å²) in [4.78, 5) is 12.9. The molecule has 0 aromatic heterocycles. The highest BCUT2D eigenvalue weighted by Crippen LogP contribution is 2.58. The van der Waals surface area contributed by atoms with Crippen molar-refractivity contribution in [1.29, 1.82) is 0 Å². The van der Waals surface area contributed by atoms with Gasteiger partial charge in [0.1, 0.15) is 5.75 Å². The molecule has 0 bridgehead atoms. The van der Waals surface area contributed by atoms with Crippen LogP contribution in [0.3, 0.4) is 0 Å². The second-order valence-corrected chi connectivity index (χ2v) is 9.93. The van der Waals surface area contributed by atoms with Gasteiger partial charge in [-0.15, -0.1) is 0 Å². The van der Waals surface area contributed by atoms with Crippen molar-refractivity contribution in [2.75, 3.05) is 16.2 Å². The van der Waals surface area contributed by atoms with Crippen LogP contribution in [0.25, 0.3) is 0 Å². The van der Waals surface area contributed by atoms with Gasteiger partial charge in [0.15, 0.2) is 4.75 Å². The second kappa shape index (κ2) is 6.51. The van der Waals surface area contributed by atoms with Gasteiger partial charge in [0, 0.05) is 18.2 Å². The number of fused-ring (bicyclic) bond motifs is 1. The second-order valence-electron chi connectivity index (χ2n) is 7.81. The highest BCUT2D eigenvalue weighted by molar-refractivity contribution is 7.95. The van der Waals surface area contributed by atoms with Crippen molar-refractivity contribution in [2.45, 2.75) is 38.0 Å². The first-order chi connectivity index (χ1) is 13.2. The number of sulfonamides is 1. The smallest absolute Gasteiger partial charge is 0.250 e. The lowest BCUT2D eigenvalue weighted by Crippen LogP contribution is -2.42. The number of hydrogen-bond donors (Lipinski definition) is 1. The van der Waals surface area contributed by atoms with Crippen molar-refractivity contribution in [3.8, 4) is 5.75 Å². The van der Waals surface area contributed by atoms with E-state index >= 15 is 0 Å². The molecular formula is C21H24N2O4S. The fourth-order valence-corrected chi connectivity index (χ4v) is 6.17. The molecule has 148 valence electrons. The molecule has 1 heterocycles. The van der Waals surface area contributed by atoms with Gasteiger partial charge in [0.2, 0.25) is 15.9 Å². The lowest BCUT2D eigenvalue weighted by molar-refractivity contribution is -0.116. The molecular weight excluding hydrogens is 376 g/mol. The number of ether oxygens (including phenoxy) is 1. The van der Waals surface area contributed by atoms with Gasteiger partial charge >= 0.3 is 0 Å². The van der Waals surface area contributed by atoms with Crippen LogP contribution in [0.15, 0.2) is 48.5 Å². The molecule has 0 radical (unpaired) electrons. The van der Waals surface area contributed by atoms with E-state index in [1.54, 1.807) is 36.4 Å². The van der Waals surface area contributed by atoms with E-state index < -0.39 is 20.7 Å². The molecule has 1 saturated heterocycles. The molecule has 2 atom stereocenters. The Labute approximate surface area is 165 Å². The average Bonchev–Trinajstić information content (AvgIpc) is 3.33. The van der Waals surface area contributed by atoms with Crippen molar-refractivity contribution in [3.05, 3.63) is 54.1 Å². The summed E-state index contributed by atoms with van der Waals surface area (Å²) in [6.07, 6.45) is 0.431. The highest BCUT2D eigenvalue weighted by Gasteiger charge is 2.75. The molecule has 7 heteroatoms. The van der Waals surface area contributed by atoms with Crippen LogP contribution in [0.5, 0.6) is 5.75 Å². The summed E-state index contributed by atoms with van der Waals surface area (Å²) in [6, 6.07) is 14.3. The topological polar surface area (TPSA) is 75.7 Å². The fourth-order valence-electron chi connectivity index (χ4n) is 3.81. The summed E-state index contributed by atoms with van der Waals surface area (Å²) in [6.45, 7) is 6.17. The number of nitrogens with one attached hydrogen (secondary N) is 1. The zero-order chi connectivity index (χ0) is 20.1. The summed E-state index contributed by atoms with van der Waals surface area (Å²) in [7, 11) is -3.77. The Bertz CT molecular complexity index is 1000. The molecule has 28 heavy (non-hydrogen) atoms. The maximum atomic E-state index is 13.2. The van der Waals surface area contributed by atoms with Crippen molar-refractivity contribution in [2.24, 2.45) is 5.92 Å². The van der Waals surface area contributed by atoms with Crippen LogP contribution in [0, 0.1) is 12.8 Å². The summed E-state index contributed by atoms with van der Waals surface area (Å²) in [5.41, 5.74) is 2.23. The molecule has 1 saturated carbocycles. The Morgan fingerprint density at radius 2 is 1.79 bits per heavy atom. The van der Waals surface area contributed by atoms with Crippen LogP contribution in [0.1, 0.15) is 25.8 Å². The van der Waals surface area contributed by atoms with E-state index in [4.69, 9.17) is 4.74 Å². The first kappa shape index (κ1) is 18.8. The van der Waals surface area contributed by atoms with Crippen LogP contribution in [0.4, 0.5) is 11.4 Å². The van der Waals surface area contributed by atoms with Crippen LogP contribution in [0.2, 0.25) is 0 Å². The lowest BCUT2D eigenvalue weighted by atomic mass is 10.2. The molecule has 1 N–H and O–H groups in total. The van der Waals surface area contributed by atoms with Gasteiger partial charge in [-0.2, -0.15) is 0 Å². The quantitative estimate of drug-likeness (QED) is 0.835. The van der Waals surface area contributed by atoms with Crippen LogP contribution >= 0.6 is 0 Å². The molecule has 0 spiro atoms. The number of rotatable bonds is 5. The number of amides is 1. The van der Waals surface area contributed by atoms with E-state index in [1.807, 2.05) is 32.9 Å². The summed E-state index contributed by atoms with van der Waals surface area (Å²) in [5, 5.41) is 2.78. The van der Waals surface area contributed by atoms with Crippen molar-refractivity contribution in [1.82, 2.24) is 0 Å². The molecule has 2 aliphatic rings. The van der Waals surface area contributed by atoms with E-state index in [2.05, 4.69) is 5.32 Å². The minimum Gasteiger partial charge on any atom is -0.491 e. The van der Waals surface area contributed by atoms with Crippen LogP contribution in [-0.2, 0) is 14.8 Å². The van der Waals surface area contributed by atoms with Crippen molar-refractivity contribution < 1.29 is 17.9 Å². The number of carbonyl (C=O) groups excluding carboxylic acids is 1. The van der Waals surface area contributed by atoms with Gasteiger partial charge in [-0.25, -0.2) is 8.42 Å². The number of anilines is 2. The summed E-state index contributed by atoms with van der Waals surface area (Å²) in [5.74, 6) is 0.0708. The maximum absolute atomic E-state index is 13.2. The lowest BCUT2D eigenvalue weighted by Gasteiger charge is -2.23. The Morgan fingerprint density at radius 3 is 2.39 bits per heavy atom. The predicted octanol–water partition coefficient (Wildman–Crippen LogP) is 3.33. The van der Waals surface area contributed by atoms with Gasteiger partial charge in [-0.3, -0.25) is 9.10 Å². The molecule has 1 amide bonds. The summed E-state index contributed by atoms with van der Waals surface area (Å²) < 4.78 is 32.0. The molecule has 2 aromatic carbocycles. The minimum absolute atomic E-state index is 0.0583. The average molecular weight is 401 g/mol. The SMILES string of the molecule is Cc1ccc(N2C[C@@H]3C[C@]3(C(=O)Nc3ccc(OC(C)C)cc3)S2(=O)=O)cc1. The van der Waals surface area contributed by atoms with Crippen molar-refractivity contribution >= 4 is 27.3 Å². The Balaban J connectivity index is 1.53. The molecule has 1 aliphatic carbocycles. The molecule has 6 nitrogen and oxygen atoms in total. The predicted molar refractivity (Wildman–Crippen MR) is 109 cm³/mol. The molecule has 1 aliphatic heterocycles. The summed E-state index contributed by atoms with van der Waals surface area (Å²) >= 11 is 0. The van der Waals surface area contributed by atoms with Gasteiger partial charge in [0.05, 0.1) is 11.8 Å². The van der Waals surface area contributed by atoms with E-state index in [0.29, 0.717) is 30.1 Å². The van der Waals surface area contributed by atoms with Crippen molar-refractivity contribution in [3.63, 3.8) is 0 Å². The Morgan fingerprint density at radius 1 is 1.14 bits per heavy atom. The van der Waals surface area contributed by atoms with E-state index in [1.165, 1.54) is 4.31 Å². The minimum atomic E-state index is -3.77. The zero-order valence-corrected chi connectivity index (χ0v) is 17.0. The van der Waals surface area contributed by atoms with Gasteiger partial charge in [0.25, 0.3) is 0 Å². The van der Waals surface area contributed by atoms with E-state index in [0.717, 1.165) is 5.56 Å². The number of benzene rings is 2. The van der Waals surface area contributed by atoms with E-state index in [9.17, 15) is 13.2 Å². The molecule has 2 aromatic rings. The normalized spacial score (nSPS) is 24.7. The highest BCUT2D eigenvalue weighted by atomic mass is 32.2. The first-order valence-electron chi connectivity index (χ1n) is 9.41. The number of carbonyl (C=O) groups is 1. The molecule has 4 rings (SSSR count).